The Bertz CT molecular complexity index is 476. The number of amides is 2. The van der Waals surface area contributed by atoms with Crippen LogP contribution >= 0.6 is 15.9 Å². The summed E-state index contributed by atoms with van der Waals surface area (Å²) in [6.45, 7) is 2.03. The van der Waals surface area contributed by atoms with Gasteiger partial charge >= 0.3 is 6.09 Å². The van der Waals surface area contributed by atoms with E-state index in [0.717, 1.165) is 10.0 Å². The van der Waals surface area contributed by atoms with Gasteiger partial charge < -0.3 is 15.4 Å². The molecule has 1 aromatic rings. The third-order valence-corrected chi connectivity index (χ3v) is 3.28. The first-order valence-electron chi connectivity index (χ1n) is 5.06. The largest absolute Gasteiger partial charge is 0.447 e. The number of carbonyl (C=O) groups excluding carboxylic acids is 2. The number of benzene rings is 1. The molecular formula is C11H11BrN2O3. The lowest BCUT2D eigenvalue weighted by molar-refractivity contribution is -0.117. The molecule has 2 rings (SSSR count). The molecule has 1 unspecified atom stereocenters. The monoisotopic (exact) mass is 298 g/mol. The van der Waals surface area contributed by atoms with Crippen LogP contribution in [0, 0.1) is 6.92 Å². The number of nitrogens with one attached hydrogen (secondary N) is 2. The highest BCUT2D eigenvalue weighted by Gasteiger charge is 2.28. The Morgan fingerprint density at radius 2 is 2.35 bits per heavy atom. The van der Waals surface area contributed by atoms with E-state index in [1.54, 1.807) is 6.07 Å². The maximum absolute atomic E-state index is 11.7. The summed E-state index contributed by atoms with van der Waals surface area (Å²) in [5, 5.41) is 5.12. The number of cyclic esters (lactones) is 1. The average molecular weight is 299 g/mol. The molecule has 0 saturated carbocycles. The fourth-order valence-corrected chi connectivity index (χ4v) is 1.80. The molecule has 0 aliphatic carbocycles. The van der Waals surface area contributed by atoms with Gasteiger partial charge in [0.15, 0.2) is 0 Å². The van der Waals surface area contributed by atoms with E-state index < -0.39 is 12.1 Å². The normalized spacial score (nSPS) is 18.5. The Morgan fingerprint density at radius 1 is 1.59 bits per heavy atom. The highest BCUT2D eigenvalue weighted by Crippen LogP contribution is 2.20. The molecule has 2 N–H and O–H groups in total. The molecule has 1 aliphatic rings. The minimum atomic E-state index is -0.623. The van der Waals surface area contributed by atoms with Gasteiger partial charge in [0.25, 0.3) is 5.91 Å². The van der Waals surface area contributed by atoms with Gasteiger partial charge in [-0.3, -0.25) is 4.79 Å². The fourth-order valence-electron chi connectivity index (χ4n) is 1.43. The van der Waals surface area contributed by atoms with E-state index in [1.165, 1.54) is 0 Å². The van der Waals surface area contributed by atoms with Gasteiger partial charge in [-0.25, -0.2) is 4.79 Å². The minimum Gasteiger partial charge on any atom is -0.447 e. The van der Waals surface area contributed by atoms with Crippen molar-refractivity contribution in [3.8, 4) is 0 Å². The Kier molecular flexibility index (Phi) is 3.33. The molecule has 1 saturated heterocycles. The quantitative estimate of drug-likeness (QED) is 0.875. The summed E-state index contributed by atoms with van der Waals surface area (Å²) in [6.07, 6.45) is -0.560. The van der Waals surface area contributed by atoms with Crippen LogP contribution in [0.4, 0.5) is 10.5 Å². The van der Waals surface area contributed by atoms with Crippen LogP contribution in [-0.2, 0) is 9.53 Å². The van der Waals surface area contributed by atoms with Gasteiger partial charge in [-0.1, -0.05) is 22.0 Å². The van der Waals surface area contributed by atoms with Crippen LogP contribution < -0.4 is 10.6 Å². The number of aryl methyl sites for hydroxylation is 1. The van der Waals surface area contributed by atoms with Gasteiger partial charge in [0, 0.05) is 10.2 Å². The van der Waals surface area contributed by atoms with E-state index >= 15 is 0 Å². The molecule has 0 spiro atoms. The number of ether oxygens (including phenoxy) is 1. The number of alkyl carbamates (subject to hydrolysis) is 1. The summed E-state index contributed by atoms with van der Waals surface area (Å²) in [5.74, 6) is -0.286. The third-order valence-electron chi connectivity index (χ3n) is 2.43. The summed E-state index contributed by atoms with van der Waals surface area (Å²) < 4.78 is 5.57. The number of carbonyl (C=O) groups is 2. The van der Waals surface area contributed by atoms with Crippen LogP contribution in [0.3, 0.4) is 0 Å². The molecule has 0 radical (unpaired) electrons. The van der Waals surface area contributed by atoms with Crippen molar-refractivity contribution in [2.75, 3.05) is 11.9 Å². The van der Waals surface area contributed by atoms with Crippen molar-refractivity contribution in [2.45, 2.75) is 13.0 Å². The van der Waals surface area contributed by atoms with Crippen molar-refractivity contribution in [2.24, 2.45) is 0 Å². The van der Waals surface area contributed by atoms with E-state index in [2.05, 4.69) is 31.3 Å². The van der Waals surface area contributed by atoms with E-state index in [-0.39, 0.29) is 12.5 Å². The number of hydrogen-bond donors (Lipinski definition) is 2. The molecule has 6 heteroatoms. The first-order chi connectivity index (χ1) is 8.06. The highest BCUT2D eigenvalue weighted by atomic mass is 79.9. The molecule has 2 amide bonds. The van der Waals surface area contributed by atoms with Crippen molar-refractivity contribution in [3.63, 3.8) is 0 Å². The maximum Gasteiger partial charge on any atom is 0.407 e. The maximum atomic E-state index is 11.7. The van der Waals surface area contributed by atoms with Gasteiger partial charge in [-0.15, -0.1) is 0 Å². The molecule has 5 nitrogen and oxygen atoms in total. The van der Waals surface area contributed by atoms with Crippen LogP contribution in [0.5, 0.6) is 0 Å². The molecule has 1 atom stereocenters. The fraction of sp³-hybridized carbons (Fsp3) is 0.273. The third kappa shape index (κ3) is 2.76. The molecule has 1 aliphatic heterocycles. The van der Waals surface area contributed by atoms with Crippen LogP contribution in [-0.4, -0.2) is 24.6 Å². The molecule has 0 bridgehead atoms. The Hall–Kier alpha value is -1.56. The lowest BCUT2D eigenvalue weighted by Gasteiger charge is -2.09. The lowest BCUT2D eigenvalue weighted by atomic mass is 10.2. The molecule has 1 heterocycles. The van der Waals surface area contributed by atoms with Crippen LogP contribution in [0.25, 0.3) is 0 Å². The zero-order chi connectivity index (χ0) is 12.4. The van der Waals surface area contributed by atoms with E-state index in [1.807, 2.05) is 19.1 Å². The standard InChI is InChI=1S/C11H11BrN2O3/c1-6-2-3-7(4-8(6)12)13-10(15)9-5-17-11(16)14-9/h2-4,9H,5H2,1H3,(H,13,15)(H,14,16). The molecule has 90 valence electrons. The summed E-state index contributed by atoms with van der Waals surface area (Å²) >= 11 is 3.38. The van der Waals surface area contributed by atoms with Gasteiger partial charge in [0.1, 0.15) is 12.6 Å². The summed E-state index contributed by atoms with van der Waals surface area (Å²) in [4.78, 5) is 22.5. The van der Waals surface area contributed by atoms with Crippen molar-refractivity contribution in [3.05, 3.63) is 28.2 Å². The highest BCUT2D eigenvalue weighted by molar-refractivity contribution is 9.10. The lowest BCUT2D eigenvalue weighted by Crippen LogP contribution is -2.38. The minimum absolute atomic E-state index is 0.0672. The summed E-state index contributed by atoms with van der Waals surface area (Å²) in [6, 6.07) is 4.88. The second-order valence-electron chi connectivity index (χ2n) is 3.75. The molecule has 1 aromatic carbocycles. The second-order valence-corrected chi connectivity index (χ2v) is 4.60. The van der Waals surface area contributed by atoms with Crippen LogP contribution in [0.2, 0.25) is 0 Å². The van der Waals surface area contributed by atoms with Crippen molar-refractivity contribution in [1.82, 2.24) is 5.32 Å². The Labute approximate surface area is 107 Å². The van der Waals surface area contributed by atoms with Crippen LogP contribution in [0.15, 0.2) is 22.7 Å². The Balaban J connectivity index is 2.03. The number of halogens is 1. The zero-order valence-corrected chi connectivity index (χ0v) is 10.7. The van der Waals surface area contributed by atoms with Crippen molar-refractivity contribution in [1.29, 1.82) is 0 Å². The topological polar surface area (TPSA) is 67.4 Å². The molecule has 17 heavy (non-hydrogen) atoms. The summed E-state index contributed by atoms with van der Waals surface area (Å²) in [5.41, 5.74) is 1.76. The number of hydrogen-bond acceptors (Lipinski definition) is 3. The predicted octanol–water partition coefficient (Wildman–Crippen LogP) is 1.80. The number of anilines is 1. The predicted molar refractivity (Wildman–Crippen MR) is 65.8 cm³/mol. The van der Waals surface area contributed by atoms with Gasteiger partial charge in [0.05, 0.1) is 0 Å². The molecular weight excluding hydrogens is 288 g/mol. The van der Waals surface area contributed by atoms with Gasteiger partial charge in [0.2, 0.25) is 0 Å². The first kappa shape index (κ1) is 11.9. The summed E-state index contributed by atoms with van der Waals surface area (Å²) in [7, 11) is 0. The van der Waals surface area contributed by atoms with Crippen molar-refractivity contribution >= 4 is 33.6 Å². The van der Waals surface area contributed by atoms with E-state index in [9.17, 15) is 9.59 Å². The SMILES string of the molecule is Cc1ccc(NC(=O)C2COC(=O)N2)cc1Br. The van der Waals surface area contributed by atoms with Crippen molar-refractivity contribution < 1.29 is 14.3 Å². The van der Waals surface area contributed by atoms with Gasteiger partial charge in [-0.2, -0.15) is 0 Å². The van der Waals surface area contributed by atoms with E-state index in [0.29, 0.717) is 5.69 Å². The average Bonchev–Trinajstić information content (AvgIpc) is 2.70. The molecule has 0 aromatic heterocycles. The van der Waals surface area contributed by atoms with Crippen LogP contribution in [0.1, 0.15) is 5.56 Å². The Morgan fingerprint density at radius 3 is 2.94 bits per heavy atom. The molecule has 1 fully saturated rings. The number of rotatable bonds is 2. The van der Waals surface area contributed by atoms with E-state index in [4.69, 9.17) is 0 Å². The second kappa shape index (κ2) is 4.75. The first-order valence-corrected chi connectivity index (χ1v) is 5.86. The zero-order valence-electron chi connectivity index (χ0n) is 9.12. The van der Waals surface area contributed by atoms with Gasteiger partial charge in [-0.05, 0) is 24.6 Å². The smallest absolute Gasteiger partial charge is 0.407 e.